The fourth-order valence-electron chi connectivity index (χ4n) is 0.106. The largest absolute Gasteiger partial charge is 0.192 e. The molecule has 0 bridgehead atoms. The maximum absolute atomic E-state index is 8.05. The Hall–Kier alpha value is 1.42. The van der Waals surface area contributed by atoms with Crippen LogP contribution in [-0.4, -0.2) is 59.1 Å². The summed E-state index contributed by atoms with van der Waals surface area (Å²) in [6.45, 7) is 0. The smallest absolute Gasteiger partial charge is 0.108 e. The Morgan fingerprint density at radius 2 is 1.10 bits per heavy atom. The Morgan fingerprint density at radius 1 is 0.900 bits per heavy atom. The zero-order valence-electron chi connectivity index (χ0n) is 5.79. The molecule has 0 unspecified atom stereocenters. The summed E-state index contributed by atoms with van der Waals surface area (Å²) in [5, 5.41) is 16.1. The van der Waals surface area contributed by atoms with Crippen LogP contribution in [0.2, 0.25) is 0 Å². The first-order valence-corrected chi connectivity index (χ1v) is 2.54. The van der Waals surface area contributed by atoms with Crippen LogP contribution >= 0.6 is 25.3 Å². The van der Waals surface area contributed by atoms with Gasteiger partial charge in [-0.2, -0.15) is 10.5 Å². The molecule has 0 fully saturated rings. The van der Waals surface area contributed by atoms with Crippen LogP contribution in [0.15, 0.2) is 9.81 Å². The predicted octanol–water partition coefficient (Wildman–Crippen LogP) is 0.343. The van der Waals surface area contributed by atoms with Gasteiger partial charge in [0, 0.05) is 59.1 Å². The summed E-state index contributed by atoms with van der Waals surface area (Å²) in [4.78, 5) is 0.103. The summed E-state index contributed by atoms with van der Waals surface area (Å²) < 4.78 is 0. The minimum Gasteiger partial charge on any atom is -0.192 e. The first-order chi connectivity index (χ1) is 3.72. The van der Waals surface area contributed by atoms with Gasteiger partial charge in [-0.3, -0.25) is 0 Å². The van der Waals surface area contributed by atoms with Crippen molar-refractivity contribution in [2.45, 2.75) is 0 Å². The van der Waals surface area contributed by atoms with Crippen molar-refractivity contribution in [1.82, 2.24) is 0 Å². The molecule has 10 heavy (non-hydrogen) atoms. The summed E-state index contributed by atoms with van der Waals surface area (Å²) in [6, 6.07) is 3.32. The molecule has 0 rings (SSSR count). The number of hydrogen-bond donors (Lipinski definition) is 2. The van der Waals surface area contributed by atoms with Gasteiger partial charge in [0.2, 0.25) is 0 Å². The SMILES string of the molecule is N#C/C(S)=C(\S)C#N.[Na].[Na]. The molecule has 0 saturated carbocycles. The average molecular weight is 188 g/mol. The molecule has 0 aromatic rings. The van der Waals surface area contributed by atoms with Crippen molar-refractivity contribution in [1.29, 1.82) is 10.5 Å². The molecule has 0 spiro atoms. The fourth-order valence-corrected chi connectivity index (χ4v) is 0.206. The maximum atomic E-state index is 8.05. The summed E-state index contributed by atoms with van der Waals surface area (Å²) >= 11 is 7.25. The first kappa shape index (κ1) is 17.5. The van der Waals surface area contributed by atoms with Gasteiger partial charge < -0.3 is 0 Å². The molecule has 0 aliphatic heterocycles. The molecular weight excluding hydrogens is 186 g/mol. The zero-order chi connectivity index (χ0) is 6.57. The Balaban J connectivity index is -0.000000245. The van der Waals surface area contributed by atoms with Crippen molar-refractivity contribution < 1.29 is 0 Å². The van der Waals surface area contributed by atoms with Crippen molar-refractivity contribution in [3.63, 3.8) is 0 Å². The molecule has 0 aromatic carbocycles. The van der Waals surface area contributed by atoms with Crippen LogP contribution in [0.5, 0.6) is 0 Å². The third-order valence-electron chi connectivity index (χ3n) is 0.436. The second-order valence-electron chi connectivity index (χ2n) is 0.921. The number of thiol groups is 2. The molecule has 0 aliphatic rings. The van der Waals surface area contributed by atoms with Gasteiger partial charge in [-0.1, -0.05) is 0 Å². The molecule has 0 saturated heterocycles. The summed E-state index contributed by atoms with van der Waals surface area (Å²) in [5.74, 6) is 0. The molecule has 0 amide bonds. The Morgan fingerprint density at radius 3 is 1.20 bits per heavy atom. The third-order valence-corrected chi connectivity index (χ3v) is 1.26. The molecule has 0 heterocycles. The van der Waals surface area contributed by atoms with Crippen molar-refractivity contribution in [3.8, 4) is 12.1 Å². The summed E-state index contributed by atoms with van der Waals surface area (Å²) in [7, 11) is 0. The first-order valence-electron chi connectivity index (χ1n) is 1.64. The van der Waals surface area contributed by atoms with Gasteiger partial charge in [0.05, 0.1) is 0 Å². The zero-order valence-corrected chi connectivity index (χ0v) is 11.6. The van der Waals surface area contributed by atoms with Crippen molar-refractivity contribution in [3.05, 3.63) is 9.81 Å². The quantitative estimate of drug-likeness (QED) is 0.327. The predicted molar refractivity (Wildman–Crippen MR) is 47.7 cm³/mol. The van der Waals surface area contributed by atoms with Crippen LogP contribution in [0.4, 0.5) is 0 Å². The van der Waals surface area contributed by atoms with E-state index in [9.17, 15) is 0 Å². The molecule has 6 heteroatoms. The van der Waals surface area contributed by atoms with Gasteiger partial charge in [0.15, 0.2) is 0 Å². The van der Waals surface area contributed by atoms with E-state index < -0.39 is 0 Å². The van der Waals surface area contributed by atoms with Crippen LogP contribution < -0.4 is 0 Å². The number of hydrogen-bond acceptors (Lipinski definition) is 4. The monoisotopic (exact) mass is 188 g/mol. The Labute approximate surface area is 115 Å². The van der Waals surface area contributed by atoms with Crippen LogP contribution in [0.1, 0.15) is 0 Å². The van der Waals surface area contributed by atoms with E-state index in [1.165, 1.54) is 0 Å². The summed E-state index contributed by atoms with van der Waals surface area (Å²) in [6.07, 6.45) is 0. The molecule has 2 nitrogen and oxygen atoms in total. The van der Waals surface area contributed by atoms with E-state index in [0.29, 0.717) is 0 Å². The maximum Gasteiger partial charge on any atom is 0.108 e. The van der Waals surface area contributed by atoms with E-state index in [-0.39, 0.29) is 68.9 Å². The number of allylic oxidation sites excluding steroid dienone is 2. The molecule has 0 aliphatic carbocycles. The number of nitrogens with zero attached hydrogens (tertiary/aromatic N) is 2. The van der Waals surface area contributed by atoms with E-state index in [1.54, 1.807) is 12.1 Å². The van der Waals surface area contributed by atoms with E-state index in [0.717, 1.165) is 0 Å². The van der Waals surface area contributed by atoms with E-state index in [2.05, 4.69) is 25.3 Å². The molecule has 0 aromatic heterocycles. The molecule has 0 N–H and O–H groups in total. The Kier molecular flexibility index (Phi) is 18.2. The number of rotatable bonds is 0. The van der Waals surface area contributed by atoms with E-state index in [4.69, 9.17) is 10.5 Å². The van der Waals surface area contributed by atoms with Crippen molar-refractivity contribution in [2.24, 2.45) is 0 Å². The number of nitriles is 2. The second-order valence-corrected chi connectivity index (χ2v) is 1.82. The van der Waals surface area contributed by atoms with Gasteiger partial charge in [0.25, 0.3) is 0 Å². The average Bonchev–Trinajstić information content (AvgIpc) is 1.84. The van der Waals surface area contributed by atoms with E-state index >= 15 is 0 Å². The van der Waals surface area contributed by atoms with Gasteiger partial charge in [-0.05, 0) is 0 Å². The van der Waals surface area contributed by atoms with Gasteiger partial charge >= 0.3 is 0 Å². The molecule has 42 valence electrons. The molecule has 2 radical (unpaired) electrons. The van der Waals surface area contributed by atoms with Crippen LogP contribution in [-0.2, 0) is 0 Å². The fraction of sp³-hybridized carbons (Fsp3) is 0. The standard InChI is InChI=1S/C4H2N2S2.2Na/c5-1-3(7)4(8)2-6;;/h7-8H;;/b4-3+;;. The summed E-state index contributed by atoms with van der Waals surface area (Å²) in [5.41, 5.74) is 0. The van der Waals surface area contributed by atoms with Crippen LogP contribution in [0.25, 0.3) is 0 Å². The van der Waals surface area contributed by atoms with Gasteiger partial charge in [0.1, 0.15) is 21.9 Å². The normalized spacial score (nSPS) is 8.80. The van der Waals surface area contributed by atoms with Crippen LogP contribution in [0.3, 0.4) is 0 Å². The minimum atomic E-state index is 0. The topological polar surface area (TPSA) is 47.6 Å². The second kappa shape index (κ2) is 10.4. The van der Waals surface area contributed by atoms with Gasteiger partial charge in [-0.15, -0.1) is 25.3 Å². The van der Waals surface area contributed by atoms with Crippen molar-refractivity contribution >= 4 is 84.4 Å². The Bertz CT molecular complexity index is 178. The van der Waals surface area contributed by atoms with Gasteiger partial charge in [-0.25, -0.2) is 0 Å². The van der Waals surface area contributed by atoms with Crippen LogP contribution in [0, 0.1) is 22.7 Å². The van der Waals surface area contributed by atoms with Crippen molar-refractivity contribution in [2.75, 3.05) is 0 Å². The molecular formula is C4H2N2Na2S2. The van der Waals surface area contributed by atoms with E-state index in [1.807, 2.05) is 0 Å². The molecule has 0 atom stereocenters. The minimum absolute atomic E-state index is 0. The third kappa shape index (κ3) is 7.53.